The molecule has 3 heteroatoms. The summed E-state index contributed by atoms with van der Waals surface area (Å²) in [5.74, 6) is 0.742. The second-order valence-corrected chi connectivity index (χ2v) is 3.34. The molecular formula is C9H14N2O. The van der Waals surface area contributed by atoms with Crippen molar-refractivity contribution in [3.8, 4) is 5.75 Å². The lowest BCUT2D eigenvalue weighted by atomic mass is 9.98. The minimum Gasteiger partial charge on any atom is -0.495 e. The molecule has 0 aliphatic heterocycles. The van der Waals surface area contributed by atoms with Crippen LogP contribution in [0.2, 0.25) is 0 Å². The van der Waals surface area contributed by atoms with E-state index in [0.717, 1.165) is 11.3 Å². The molecule has 0 saturated heterocycles. The zero-order valence-corrected chi connectivity index (χ0v) is 7.66. The molecular weight excluding hydrogens is 152 g/mol. The maximum Gasteiger partial charge on any atom is 0.137 e. The molecule has 1 aromatic heterocycles. The van der Waals surface area contributed by atoms with Crippen molar-refractivity contribution in [3.05, 3.63) is 24.0 Å². The van der Waals surface area contributed by atoms with E-state index >= 15 is 0 Å². The van der Waals surface area contributed by atoms with Gasteiger partial charge in [-0.05, 0) is 25.5 Å². The van der Waals surface area contributed by atoms with E-state index in [4.69, 9.17) is 10.5 Å². The summed E-state index contributed by atoms with van der Waals surface area (Å²) in [4.78, 5) is 4.02. The van der Waals surface area contributed by atoms with Crippen molar-refractivity contribution in [2.24, 2.45) is 5.73 Å². The zero-order chi connectivity index (χ0) is 9.19. The van der Waals surface area contributed by atoms with Crippen LogP contribution in [0.4, 0.5) is 0 Å². The minimum absolute atomic E-state index is 0.360. The molecule has 2 N–H and O–H groups in total. The molecule has 0 bridgehead atoms. The number of ether oxygens (including phenoxy) is 1. The third kappa shape index (κ3) is 1.95. The number of methoxy groups -OCH3 is 1. The van der Waals surface area contributed by atoms with E-state index in [1.807, 2.05) is 19.9 Å². The van der Waals surface area contributed by atoms with Crippen LogP contribution in [0.5, 0.6) is 5.75 Å². The molecule has 1 heterocycles. The molecule has 0 atom stereocenters. The Bertz CT molecular complexity index is 265. The maximum absolute atomic E-state index is 5.88. The smallest absolute Gasteiger partial charge is 0.137 e. The predicted molar refractivity (Wildman–Crippen MR) is 48.0 cm³/mol. The fourth-order valence-electron chi connectivity index (χ4n) is 0.883. The Morgan fingerprint density at radius 3 is 2.58 bits per heavy atom. The molecule has 0 amide bonds. The number of hydrogen-bond donors (Lipinski definition) is 1. The number of aromatic nitrogens is 1. The Kier molecular flexibility index (Phi) is 2.33. The van der Waals surface area contributed by atoms with Gasteiger partial charge in [0.25, 0.3) is 0 Å². The van der Waals surface area contributed by atoms with Gasteiger partial charge < -0.3 is 10.5 Å². The first kappa shape index (κ1) is 9.00. The van der Waals surface area contributed by atoms with Gasteiger partial charge in [-0.2, -0.15) is 0 Å². The van der Waals surface area contributed by atoms with Crippen molar-refractivity contribution in [2.45, 2.75) is 19.4 Å². The van der Waals surface area contributed by atoms with Crippen molar-refractivity contribution in [2.75, 3.05) is 7.11 Å². The average Bonchev–Trinajstić information content (AvgIpc) is 2.03. The summed E-state index contributed by atoms with van der Waals surface area (Å²) >= 11 is 0. The van der Waals surface area contributed by atoms with Gasteiger partial charge >= 0.3 is 0 Å². The average molecular weight is 166 g/mol. The first-order valence-electron chi connectivity index (χ1n) is 3.82. The molecule has 3 nitrogen and oxygen atoms in total. The number of pyridine rings is 1. The van der Waals surface area contributed by atoms with Gasteiger partial charge in [0.15, 0.2) is 0 Å². The summed E-state index contributed by atoms with van der Waals surface area (Å²) in [6.07, 6.45) is 3.41. The van der Waals surface area contributed by atoms with Gasteiger partial charge in [0, 0.05) is 11.7 Å². The topological polar surface area (TPSA) is 48.1 Å². The molecule has 0 aromatic carbocycles. The molecule has 66 valence electrons. The van der Waals surface area contributed by atoms with Gasteiger partial charge in [0.05, 0.1) is 13.3 Å². The third-order valence-corrected chi connectivity index (χ3v) is 1.69. The Morgan fingerprint density at radius 1 is 1.42 bits per heavy atom. The Labute approximate surface area is 72.6 Å². The van der Waals surface area contributed by atoms with Gasteiger partial charge in [-0.15, -0.1) is 0 Å². The second kappa shape index (κ2) is 3.11. The van der Waals surface area contributed by atoms with Crippen molar-refractivity contribution in [1.82, 2.24) is 4.98 Å². The maximum atomic E-state index is 5.88. The molecule has 0 fully saturated rings. The van der Waals surface area contributed by atoms with Crippen LogP contribution >= 0.6 is 0 Å². The van der Waals surface area contributed by atoms with E-state index in [-0.39, 0.29) is 5.54 Å². The number of nitrogens with zero attached hydrogens (tertiary/aromatic N) is 1. The van der Waals surface area contributed by atoms with Crippen molar-refractivity contribution in [1.29, 1.82) is 0 Å². The van der Waals surface area contributed by atoms with Gasteiger partial charge in [0.2, 0.25) is 0 Å². The Morgan fingerprint density at radius 2 is 2.08 bits per heavy atom. The van der Waals surface area contributed by atoms with Crippen LogP contribution in [0, 0.1) is 0 Å². The van der Waals surface area contributed by atoms with E-state index in [0.29, 0.717) is 0 Å². The van der Waals surface area contributed by atoms with E-state index in [2.05, 4.69) is 4.98 Å². The molecule has 1 rings (SSSR count). The minimum atomic E-state index is -0.360. The van der Waals surface area contributed by atoms with Gasteiger partial charge in [-0.3, -0.25) is 4.98 Å². The van der Waals surface area contributed by atoms with E-state index in [9.17, 15) is 0 Å². The SMILES string of the molecule is COc1cncc(C(C)(C)N)c1. The molecule has 0 unspecified atom stereocenters. The molecule has 0 spiro atoms. The van der Waals surface area contributed by atoms with Crippen LogP contribution in [-0.4, -0.2) is 12.1 Å². The van der Waals surface area contributed by atoms with Crippen LogP contribution < -0.4 is 10.5 Å². The highest BCUT2D eigenvalue weighted by molar-refractivity contribution is 5.27. The van der Waals surface area contributed by atoms with Crippen LogP contribution in [0.25, 0.3) is 0 Å². The Hall–Kier alpha value is -1.09. The van der Waals surface area contributed by atoms with Crippen molar-refractivity contribution < 1.29 is 4.74 Å². The summed E-state index contributed by atoms with van der Waals surface area (Å²) in [5.41, 5.74) is 6.50. The first-order valence-corrected chi connectivity index (χ1v) is 3.82. The third-order valence-electron chi connectivity index (χ3n) is 1.69. The monoisotopic (exact) mass is 166 g/mol. The lowest BCUT2D eigenvalue weighted by Gasteiger charge is -2.18. The molecule has 12 heavy (non-hydrogen) atoms. The molecule has 1 aromatic rings. The normalized spacial score (nSPS) is 11.3. The van der Waals surface area contributed by atoms with E-state index < -0.39 is 0 Å². The fraction of sp³-hybridized carbons (Fsp3) is 0.444. The first-order chi connectivity index (χ1) is 5.54. The summed E-state index contributed by atoms with van der Waals surface area (Å²) in [6.45, 7) is 3.87. The highest BCUT2D eigenvalue weighted by atomic mass is 16.5. The van der Waals surface area contributed by atoms with Crippen molar-refractivity contribution in [3.63, 3.8) is 0 Å². The van der Waals surface area contributed by atoms with Crippen LogP contribution in [0.15, 0.2) is 18.5 Å². The van der Waals surface area contributed by atoms with E-state index in [1.165, 1.54) is 0 Å². The summed E-state index contributed by atoms with van der Waals surface area (Å²) < 4.78 is 5.03. The van der Waals surface area contributed by atoms with E-state index in [1.54, 1.807) is 19.5 Å². The largest absolute Gasteiger partial charge is 0.495 e. The summed E-state index contributed by atoms with van der Waals surface area (Å²) in [5, 5.41) is 0. The molecule has 0 aliphatic rings. The van der Waals surface area contributed by atoms with Crippen LogP contribution in [-0.2, 0) is 5.54 Å². The summed E-state index contributed by atoms with van der Waals surface area (Å²) in [7, 11) is 1.62. The van der Waals surface area contributed by atoms with Gasteiger partial charge in [-0.25, -0.2) is 0 Å². The van der Waals surface area contributed by atoms with Gasteiger partial charge in [-0.1, -0.05) is 0 Å². The lowest BCUT2D eigenvalue weighted by molar-refractivity contribution is 0.410. The molecule has 0 aliphatic carbocycles. The number of rotatable bonds is 2. The zero-order valence-electron chi connectivity index (χ0n) is 7.66. The molecule has 0 radical (unpaired) electrons. The number of hydrogen-bond acceptors (Lipinski definition) is 3. The molecule has 0 saturated carbocycles. The lowest BCUT2D eigenvalue weighted by Crippen LogP contribution is -2.28. The highest BCUT2D eigenvalue weighted by Gasteiger charge is 2.14. The quantitative estimate of drug-likeness (QED) is 0.720. The summed E-state index contributed by atoms with van der Waals surface area (Å²) in [6, 6.07) is 1.90. The number of nitrogens with two attached hydrogens (primary N) is 1. The Balaban J connectivity index is 3.02. The second-order valence-electron chi connectivity index (χ2n) is 3.34. The van der Waals surface area contributed by atoms with Crippen molar-refractivity contribution >= 4 is 0 Å². The van der Waals surface area contributed by atoms with Gasteiger partial charge in [0.1, 0.15) is 5.75 Å². The van der Waals surface area contributed by atoms with Crippen LogP contribution in [0.1, 0.15) is 19.4 Å². The predicted octanol–water partition coefficient (Wildman–Crippen LogP) is 1.28. The fourth-order valence-corrected chi connectivity index (χ4v) is 0.883. The highest BCUT2D eigenvalue weighted by Crippen LogP contribution is 2.19. The standard InChI is InChI=1S/C9H14N2O/c1-9(2,10)7-4-8(12-3)6-11-5-7/h4-6H,10H2,1-3H3. The van der Waals surface area contributed by atoms with Crippen LogP contribution in [0.3, 0.4) is 0 Å².